The van der Waals surface area contributed by atoms with Gasteiger partial charge in [0.25, 0.3) is 0 Å². The van der Waals surface area contributed by atoms with E-state index in [0.717, 1.165) is 23.4 Å². The molecule has 31 heavy (non-hydrogen) atoms. The van der Waals surface area contributed by atoms with Crippen LogP contribution in [0.15, 0.2) is 55.4 Å². The number of benzene rings is 1. The zero-order chi connectivity index (χ0) is 21.5. The molecule has 0 bridgehead atoms. The Labute approximate surface area is 184 Å². The number of nitrogens with zero attached hydrogens (tertiary/aromatic N) is 5. The van der Waals surface area contributed by atoms with Gasteiger partial charge >= 0.3 is 0 Å². The number of anilines is 1. The molecular weight excluding hydrogens is 415 g/mol. The Morgan fingerprint density at radius 3 is 2.68 bits per heavy atom. The molecule has 0 saturated heterocycles. The molecule has 1 saturated carbocycles. The molecule has 158 valence electrons. The Morgan fingerprint density at radius 2 is 2.00 bits per heavy atom. The minimum atomic E-state index is -0.529. The van der Waals surface area contributed by atoms with E-state index in [1.807, 2.05) is 47.0 Å². The Hall–Kier alpha value is -3.19. The number of nitrogens with two attached hydrogens (primary N) is 1. The predicted molar refractivity (Wildman–Crippen MR) is 119 cm³/mol. The highest BCUT2D eigenvalue weighted by Gasteiger charge is 2.29. The number of hydrogen-bond donors (Lipinski definition) is 1. The molecule has 0 aliphatic heterocycles. The van der Waals surface area contributed by atoms with E-state index in [1.54, 1.807) is 18.6 Å². The summed E-state index contributed by atoms with van der Waals surface area (Å²) in [7, 11) is 1.96. The third-order valence-electron chi connectivity index (χ3n) is 5.83. The van der Waals surface area contributed by atoms with Gasteiger partial charge in [0.1, 0.15) is 0 Å². The average molecular weight is 437 g/mol. The van der Waals surface area contributed by atoms with Gasteiger partial charge in [-0.25, -0.2) is 9.37 Å². The third-order valence-corrected chi connectivity index (χ3v) is 6.12. The van der Waals surface area contributed by atoms with Gasteiger partial charge in [0.05, 0.1) is 41.2 Å². The number of halogens is 2. The normalized spacial score (nSPS) is 14.7. The Kier molecular flexibility index (Phi) is 4.98. The lowest BCUT2D eigenvalue weighted by Crippen LogP contribution is -2.13. The molecular formula is C23H22ClFN6. The summed E-state index contributed by atoms with van der Waals surface area (Å²) in [6.45, 7) is 0. The molecule has 5 rings (SSSR count). The van der Waals surface area contributed by atoms with Gasteiger partial charge in [-0.15, -0.1) is 0 Å². The molecule has 4 aromatic rings. The minimum absolute atomic E-state index is 0.00471. The zero-order valence-electron chi connectivity index (χ0n) is 17.0. The van der Waals surface area contributed by atoms with Crippen LogP contribution in [0.5, 0.6) is 0 Å². The largest absolute Gasteiger partial charge is 0.398 e. The van der Waals surface area contributed by atoms with Crippen molar-refractivity contribution in [1.82, 2.24) is 24.3 Å². The fourth-order valence-corrected chi connectivity index (χ4v) is 4.08. The summed E-state index contributed by atoms with van der Waals surface area (Å²) in [4.78, 5) is 8.86. The lowest BCUT2D eigenvalue weighted by molar-refractivity contribution is 0.455. The first kappa shape index (κ1) is 19.8. The first-order valence-electron chi connectivity index (χ1n) is 10.2. The van der Waals surface area contributed by atoms with Gasteiger partial charge in [-0.1, -0.05) is 30.5 Å². The molecule has 1 aromatic carbocycles. The maximum absolute atomic E-state index is 14.6. The van der Waals surface area contributed by atoms with Crippen LogP contribution >= 0.6 is 11.6 Å². The molecule has 1 aliphatic rings. The van der Waals surface area contributed by atoms with Crippen molar-refractivity contribution in [2.24, 2.45) is 13.0 Å². The molecule has 3 heterocycles. The number of rotatable bonds is 6. The molecule has 3 aromatic heterocycles. The summed E-state index contributed by atoms with van der Waals surface area (Å²) in [5, 5.41) is 4.67. The smallest absolute Gasteiger partial charge is 0.151 e. The van der Waals surface area contributed by atoms with Crippen molar-refractivity contribution >= 4 is 17.3 Å². The lowest BCUT2D eigenvalue weighted by Gasteiger charge is -2.18. The highest BCUT2D eigenvalue weighted by Crippen LogP contribution is 2.40. The van der Waals surface area contributed by atoms with Gasteiger partial charge in [0.15, 0.2) is 5.82 Å². The Bertz CT molecular complexity index is 1230. The SMILES string of the molecule is Cn1cncc1-c1cnn(C(CC2CC2)c2ccc(-c3c(N)ccc(Cl)c3F)cn2)c1. The number of aromatic nitrogens is 5. The van der Waals surface area contributed by atoms with Crippen molar-refractivity contribution in [2.45, 2.75) is 25.3 Å². The van der Waals surface area contributed by atoms with Gasteiger partial charge in [0.2, 0.25) is 0 Å². The molecule has 0 radical (unpaired) electrons. The number of pyridine rings is 1. The summed E-state index contributed by atoms with van der Waals surface area (Å²) in [5.74, 6) is 0.149. The van der Waals surface area contributed by atoms with Crippen molar-refractivity contribution < 1.29 is 4.39 Å². The van der Waals surface area contributed by atoms with Crippen LogP contribution < -0.4 is 5.73 Å². The van der Waals surface area contributed by atoms with Crippen molar-refractivity contribution in [3.8, 4) is 22.4 Å². The number of hydrogen-bond acceptors (Lipinski definition) is 4. The molecule has 1 aliphatic carbocycles. The maximum atomic E-state index is 14.6. The average Bonchev–Trinajstić information content (AvgIpc) is 3.28. The first-order chi connectivity index (χ1) is 15.0. The summed E-state index contributed by atoms with van der Waals surface area (Å²) >= 11 is 5.95. The quantitative estimate of drug-likeness (QED) is 0.426. The molecule has 1 fully saturated rings. The fourth-order valence-electron chi connectivity index (χ4n) is 3.92. The second-order valence-corrected chi connectivity index (χ2v) is 8.50. The zero-order valence-corrected chi connectivity index (χ0v) is 17.8. The van der Waals surface area contributed by atoms with Crippen LogP contribution in [-0.4, -0.2) is 24.3 Å². The molecule has 1 unspecified atom stereocenters. The minimum Gasteiger partial charge on any atom is -0.398 e. The van der Waals surface area contributed by atoms with Gasteiger partial charge in [0, 0.05) is 41.8 Å². The summed E-state index contributed by atoms with van der Waals surface area (Å²) in [6, 6.07) is 6.84. The van der Waals surface area contributed by atoms with Crippen molar-refractivity contribution in [3.63, 3.8) is 0 Å². The molecule has 8 heteroatoms. The highest BCUT2D eigenvalue weighted by molar-refractivity contribution is 6.31. The second kappa shape index (κ2) is 7.81. The van der Waals surface area contributed by atoms with E-state index in [2.05, 4.69) is 15.1 Å². The highest BCUT2D eigenvalue weighted by atomic mass is 35.5. The van der Waals surface area contributed by atoms with E-state index in [1.165, 1.54) is 18.9 Å². The van der Waals surface area contributed by atoms with Crippen LogP contribution in [0.2, 0.25) is 5.02 Å². The van der Waals surface area contributed by atoms with E-state index in [4.69, 9.17) is 17.3 Å². The second-order valence-electron chi connectivity index (χ2n) is 8.09. The van der Waals surface area contributed by atoms with Crippen molar-refractivity contribution in [2.75, 3.05) is 5.73 Å². The number of aryl methyl sites for hydroxylation is 1. The topological polar surface area (TPSA) is 74.5 Å². The maximum Gasteiger partial charge on any atom is 0.151 e. The molecule has 2 N–H and O–H groups in total. The predicted octanol–water partition coefficient (Wildman–Crippen LogP) is 5.11. The van der Waals surface area contributed by atoms with Crippen LogP contribution in [0.25, 0.3) is 22.4 Å². The number of imidazole rings is 1. The summed E-state index contributed by atoms with van der Waals surface area (Å²) in [6.07, 6.45) is 12.6. The van der Waals surface area contributed by atoms with E-state index < -0.39 is 5.82 Å². The summed E-state index contributed by atoms with van der Waals surface area (Å²) in [5.41, 5.74) is 10.1. The van der Waals surface area contributed by atoms with Crippen LogP contribution in [-0.2, 0) is 7.05 Å². The van der Waals surface area contributed by atoms with Crippen LogP contribution in [0.4, 0.5) is 10.1 Å². The van der Waals surface area contributed by atoms with Crippen LogP contribution in [0, 0.1) is 11.7 Å². The summed E-state index contributed by atoms with van der Waals surface area (Å²) < 4.78 is 18.5. The van der Waals surface area contributed by atoms with E-state index >= 15 is 0 Å². The lowest BCUT2D eigenvalue weighted by atomic mass is 10.0. The van der Waals surface area contributed by atoms with Crippen LogP contribution in [0.3, 0.4) is 0 Å². The Morgan fingerprint density at radius 1 is 1.16 bits per heavy atom. The molecule has 1 atom stereocenters. The van der Waals surface area contributed by atoms with Crippen LogP contribution in [0.1, 0.15) is 31.0 Å². The number of nitrogen functional groups attached to an aromatic ring is 1. The van der Waals surface area contributed by atoms with Gasteiger partial charge < -0.3 is 10.3 Å². The van der Waals surface area contributed by atoms with E-state index in [9.17, 15) is 4.39 Å². The first-order valence-corrected chi connectivity index (χ1v) is 10.6. The Balaban J connectivity index is 1.48. The molecule has 6 nitrogen and oxygen atoms in total. The van der Waals surface area contributed by atoms with Gasteiger partial charge in [-0.3, -0.25) is 9.67 Å². The van der Waals surface area contributed by atoms with E-state index in [-0.39, 0.29) is 16.6 Å². The fraction of sp³-hybridized carbons (Fsp3) is 0.261. The van der Waals surface area contributed by atoms with Gasteiger partial charge in [-0.2, -0.15) is 5.10 Å². The third kappa shape index (κ3) is 3.81. The van der Waals surface area contributed by atoms with Gasteiger partial charge in [-0.05, 0) is 30.5 Å². The van der Waals surface area contributed by atoms with Crippen molar-refractivity contribution in [3.05, 3.63) is 71.9 Å². The van der Waals surface area contributed by atoms with E-state index in [0.29, 0.717) is 17.2 Å². The molecule has 0 spiro atoms. The standard InChI is InChI=1S/C23H22ClFN6/c1-30-13-27-11-21(30)16-10-29-31(12-16)20(8-14-2-3-14)19-7-4-15(9-28-19)22-18(26)6-5-17(24)23(22)25/h4-7,9-14,20H,2-3,8,26H2,1H3. The van der Waals surface area contributed by atoms with Crippen molar-refractivity contribution in [1.29, 1.82) is 0 Å². The monoisotopic (exact) mass is 436 g/mol. The molecule has 0 amide bonds.